The summed E-state index contributed by atoms with van der Waals surface area (Å²) in [6.07, 6.45) is 2.95. The predicted molar refractivity (Wildman–Crippen MR) is 103 cm³/mol. The molecule has 1 atom stereocenters. The Labute approximate surface area is 159 Å². The number of benzene rings is 1. The van der Waals surface area contributed by atoms with E-state index < -0.39 is 5.60 Å². The van der Waals surface area contributed by atoms with Crippen LogP contribution in [0, 0.1) is 11.8 Å². The molecule has 1 aromatic carbocycles. The van der Waals surface area contributed by atoms with Gasteiger partial charge in [0, 0.05) is 6.54 Å². The molecule has 0 bridgehead atoms. The van der Waals surface area contributed by atoms with Gasteiger partial charge in [-0.3, -0.25) is 4.79 Å². The highest BCUT2D eigenvalue weighted by Gasteiger charge is 2.30. The van der Waals surface area contributed by atoms with Crippen LogP contribution in [-0.4, -0.2) is 35.2 Å². The Morgan fingerprint density at radius 2 is 2.11 bits per heavy atom. The normalized spacial score (nSPS) is 17.2. The zero-order valence-electron chi connectivity index (χ0n) is 16.0. The molecule has 1 fully saturated rings. The molecule has 1 saturated heterocycles. The quantitative estimate of drug-likeness (QED) is 0.839. The lowest BCUT2D eigenvalue weighted by molar-refractivity contribution is 0.0578. The van der Waals surface area contributed by atoms with Gasteiger partial charge in [0.1, 0.15) is 11.4 Å². The molecule has 5 nitrogen and oxygen atoms in total. The number of furan rings is 1. The van der Waals surface area contributed by atoms with Crippen LogP contribution >= 0.6 is 0 Å². The molecule has 1 amide bonds. The molecule has 27 heavy (non-hydrogen) atoms. The maximum Gasteiger partial charge on any atom is 0.290 e. The number of nitrogens with zero attached hydrogens (tertiary/aromatic N) is 1. The molecular weight excluding hydrogens is 342 g/mol. The fraction of sp³-hybridized carbons (Fsp3) is 0.409. The average molecular weight is 367 g/mol. The number of amides is 1. The van der Waals surface area contributed by atoms with Gasteiger partial charge in [-0.05, 0) is 68.9 Å². The van der Waals surface area contributed by atoms with E-state index in [0.29, 0.717) is 12.3 Å². The topological polar surface area (TPSA) is 62.9 Å². The van der Waals surface area contributed by atoms with Gasteiger partial charge < -0.3 is 19.2 Å². The summed E-state index contributed by atoms with van der Waals surface area (Å²) < 4.78 is 10.9. The van der Waals surface area contributed by atoms with E-state index in [9.17, 15) is 9.90 Å². The van der Waals surface area contributed by atoms with Crippen molar-refractivity contribution in [2.24, 2.45) is 0 Å². The molecule has 0 radical (unpaired) electrons. The molecule has 0 spiro atoms. The molecule has 2 aromatic rings. The van der Waals surface area contributed by atoms with E-state index in [0.717, 1.165) is 30.6 Å². The summed E-state index contributed by atoms with van der Waals surface area (Å²) in [6, 6.07) is 11.2. The second-order valence-corrected chi connectivity index (χ2v) is 7.26. The molecule has 2 heterocycles. The third kappa shape index (κ3) is 4.72. The smallest absolute Gasteiger partial charge is 0.290 e. The van der Waals surface area contributed by atoms with Gasteiger partial charge >= 0.3 is 0 Å². The van der Waals surface area contributed by atoms with Gasteiger partial charge in [0.25, 0.3) is 5.91 Å². The lowest BCUT2D eigenvalue weighted by Crippen LogP contribution is -2.38. The Hall–Kier alpha value is -2.71. The van der Waals surface area contributed by atoms with E-state index in [1.807, 2.05) is 29.2 Å². The van der Waals surface area contributed by atoms with Crippen molar-refractivity contribution >= 4 is 5.91 Å². The molecule has 1 unspecified atom stereocenters. The number of carbonyl (C=O) groups excluding carboxylic acids is 1. The molecule has 3 rings (SSSR count). The summed E-state index contributed by atoms with van der Waals surface area (Å²) in [6.45, 7) is 3.88. The number of aliphatic hydroxyl groups is 1. The first-order valence-corrected chi connectivity index (χ1v) is 9.18. The summed E-state index contributed by atoms with van der Waals surface area (Å²) in [7, 11) is 1.64. The first kappa shape index (κ1) is 19.1. The molecule has 1 aliphatic heterocycles. The summed E-state index contributed by atoms with van der Waals surface area (Å²) in [4.78, 5) is 14.9. The van der Waals surface area contributed by atoms with E-state index in [-0.39, 0.29) is 17.7 Å². The van der Waals surface area contributed by atoms with Gasteiger partial charge in [0.05, 0.1) is 13.2 Å². The van der Waals surface area contributed by atoms with Crippen molar-refractivity contribution in [3.05, 3.63) is 53.5 Å². The highest BCUT2D eigenvalue weighted by atomic mass is 16.5. The maximum atomic E-state index is 13.1. The number of hydrogen-bond donors (Lipinski definition) is 1. The molecule has 0 saturated carbocycles. The summed E-state index contributed by atoms with van der Waals surface area (Å²) in [5, 5.41) is 9.70. The molecular formula is C22H25NO4. The fourth-order valence-corrected chi connectivity index (χ4v) is 3.25. The lowest BCUT2D eigenvalue weighted by atomic mass is 9.95. The van der Waals surface area contributed by atoms with Crippen LogP contribution in [0.3, 0.4) is 0 Å². The number of likely N-dealkylation sites (tertiary alicyclic amines) is 1. The molecule has 1 aliphatic rings. The highest BCUT2D eigenvalue weighted by Crippen LogP contribution is 2.33. The third-order valence-electron chi connectivity index (χ3n) is 4.55. The van der Waals surface area contributed by atoms with Gasteiger partial charge in [-0.2, -0.15) is 0 Å². The van der Waals surface area contributed by atoms with E-state index in [1.54, 1.807) is 33.1 Å². The van der Waals surface area contributed by atoms with Gasteiger partial charge in [-0.1, -0.05) is 18.1 Å². The third-order valence-corrected chi connectivity index (χ3v) is 4.55. The Morgan fingerprint density at radius 1 is 1.30 bits per heavy atom. The van der Waals surface area contributed by atoms with Crippen molar-refractivity contribution in [2.75, 3.05) is 13.7 Å². The largest absolute Gasteiger partial charge is 0.497 e. The van der Waals surface area contributed by atoms with Crippen molar-refractivity contribution in [1.82, 2.24) is 4.90 Å². The molecule has 1 N–H and O–H groups in total. The Balaban J connectivity index is 1.83. The van der Waals surface area contributed by atoms with Gasteiger partial charge in [0.2, 0.25) is 0 Å². The van der Waals surface area contributed by atoms with Gasteiger partial charge in [-0.25, -0.2) is 0 Å². The van der Waals surface area contributed by atoms with Crippen LogP contribution in [0.5, 0.6) is 5.75 Å². The van der Waals surface area contributed by atoms with Gasteiger partial charge in [0.15, 0.2) is 11.5 Å². The Kier molecular flexibility index (Phi) is 5.57. The number of hydrogen-bond acceptors (Lipinski definition) is 4. The molecule has 142 valence electrons. The van der Waals surface area contributed by atoms with Crippen molar-refractivity contribution in [3.63, 3.8) is 0 Å². The first-order valence-electron chi connectivity index (χ1n) is 9.18. The van der Waals surface area contributed by atoms with E-state index in [2.05, 4.69) is 11.8 Å². The molecule has 5 heteroatoms. The van der Waals surface area contributed by atoms with E-state index >= 15 is 0 Å². The minimum atomic E-state index is -1.11. The zero-order chi connectivity index (χ0) is 19.4. The van der Waals surface area contributed by atoms with Crippen LogP contribution in [0.2, 0.25) is 0 Å². The Morgan fingerprint density at radius 3 is 2.85 bits per heavy atom. The van der Waals surface area contributed by atoms with Crippen molar-refractivity contribution in [1.29, 1.82) is 0 Å². The lowest BCUT2D eigenvalue weighted by Gasteiger charge is -2.35. The van der Waals surface area contributed by atoms with Crippen LogP contribution in [0.4, 0.5) is 0 Å². The van der Waals surface area contributed by atoms with Crippen molar-refractivity contribution < 1.29 is 19.1 Å². The van der Waals surface area contributed by atoms with Gasteiger partial charge in [-0.15, -0.1) is 0 Å². The monoisotopic (exact) mass is 367 g/mol. The molecule has 1 aromatic heterocycles. The standard InChI is InChI=1S/C22H25NO4/c1-22(2,25)13-12-17-10-11-20(27-17)21(24)23-14-5-4-9-19(23)16-7-6-8-18(15-16)26-3/h6-8,10-11,15,19,25H,4-5,9,14H2,1-3H3. The average Bonchev–Trinajstić information content (AvgIpc) is 3.14. The number of methoxy groups -OCH3 is 1. The number of rotatable bonds is 3. The van der Waals surface area contributed by atoms with Crippen LogP contribution in [0.15, 0.2) is 40.8 Å². The van der Waals surface area contributed by atoms with Crippen LogP contribution in [-0.2, 0) is 0 Å². The fourth-order valence-electron chi connectivity index (χ4n) is 3.25. The van der Waals surface area contributed by atoms with E-state index in [1.165, 1.54) is 0 Å². The summed E-state index contributed by atoms with van der Waals surface area (Å²) in [5.41, 5.74) is -0.0441. The summed E-state index contributed by atoms with van der Waals surface area (Å²) in [5.74, 6) is 6.74. The molecule has 0 aliphatic carbocycles. The maximum absolute atomic E-state index is 13.1. The minimum Gasteiger partial charge on any atom is -0.497 e. The number of carbonyl (C=O) groups is 1. The zero-order valence-corrected chi connectivity index (χ0v) is 16.0. The predicted octanol–water partition coefficient (Wildman–Crippen LogP) is 3.78. The second kappa shape index (κ2) is 7.89. The van der Waals surface area contributed by atoms with Crippen LogP contribution in [0.1, 0.15) is 61.0 Å². The second-order valence-electron chi connectivity index (χ2n) is 7.26. The minimum absolute atomic E-state index is 0.00245. The van der Waals surface area contributed by atoms with Crippen LogP contribution in [0.25, 0.3) is 0 Å². The summed E-state index contributed by atoms with van der Waals surface area (Å²) >= 11 is 0. The van der Waals surface area contributed by atoms with Crippen LogP contribution < -0.4 is 4.74 Å². The SMILES string of the molecule is COc1cccc(C2CCCCN2C(=O)c2ccc(C#CC(C)(C)O)o2)c1. The number of piperidine rings is 1. The number of ether oxygens (including phenoxy) is 1. The highest BCUT2D eigenvalue weighted by molar-refractivity contribution is 5.92. The first-order chi connectivity index (χ1) is 12.9. The van der Waals surface area contributed by atoms with Crippen molar-refractivity contribution in [2.45, 2.75) is 44.8 Å². The Bertz CT molecular complexity index is 866. The van der Waals surface area contributed by atoms with E-state index in [4.69, 9.17) is 9.15 Å². The van der Waals surface area contributed by atoms with Crippen molar-refractivity contribution in [3.8, 4) is 17.6 Å².